The van der Waals surface area contributed by atoms with Gasteiger partial charge in [-0.1, -0.05) is 0 Å². The smallest absolute Gasteiger partial charge is 0.253 e. The first-order valence-corrected chi connectivity index (χ1v) is 8.41. The third-order valence-corrected chi connectivity index (χ3v) is 4.51. The molecule has 7 heteroatoms. The molecule has 0 aromatic carbocycles. The number of aryl methyl sites for hydroxylation is 3. The normalized spacial score (nSPS) is 16.5. The lowest BCUT2D eigenvalue weighted by Gasteiger charge is -2.24. The van der Waals surface area contributed by atoms with Gasteiger partial charge >= 0.3 is 0 Å². The van der Waals surface area contributed by atoms with Crippen LogP contribution in [0.15, 0.2) is 36.8 Å². The fourth-order valence-electron chi connectivity index (χ4n) is 3.26. The van der Waals surface area contributed by atoms with E-state index in [0.717, 1.165) is 36.6 Å². The summed E-state index contributed by atoms with van der Waals surface area (Å²) in [7, 11) is 0. The van der Waals surface area contributed by atoms with Crippen molar-refractivity contribution in [3.8, 4) is 5.82 Å². The fraction of sp³-hybridized carbons (Fsp3) is 0.333. The Hall–Kier alpha value is -2.96. The van der Waals surface area contributed by atoms with Gasteiger partial charge in [0.15, 0.2) is 5.82 Å². The summed E-state index contributed by atoms with van der Waals surface area (Å²) in [6.07, 6.45) is 7.15. The van der Waals surface area contributed by atoms with Crippen LogP contribution in [0.2, 0.25) is 0 Å². The average Bonchev–Trinajstić information content (AvgIpc) is 3.20. The summed E-state index contributed by atoms with van der Waals surface area (Å²) in [5.41, 5.74) is 2.51. The Labute approximate surface area is 145 Å². The molecule has 0 fully saturated rings. The van der Waals surface area contributed by atoms with Crippen LogP contribution in [0.1, 0.15) is 34.0 Å². The van der Waals surface area contributed by atoms with E-state index in [-0.39, 0.29) is 11.9 Å². The number of nitrogens with one attached hydrogen (secondary N) is 1. The molecule has 1 N–H and O–H groups in total. The van der Waals surface area contributed by atoms with Gasteiger partial charge in [-0.2, -0.15) is 5.10 Å². The van der Waals surface area contributed by atoms with E-state index in [2.05, 4.69) is 25.0 Å². The van der Waals surface area contributed by atoms with Gasteiger partial charge in [-0.05, 0) is 38.5 Å². The molecule has 0 spiro atoms. The van der Waals surface area contributed by atoms with Gasteiger partial charge in [-0.25, -0.2) is 14.6 Å². The molecule has 1 amide bonds. The van der Waals surface area contributed by atoms with Crippen LogP contribution < -0.4 is 5.32 Å². The summed E-state index contributed by atoms with van der Waals surface area (Å²) in [6, 6.07) is 5.73. The van der Waals surface area contributed by atoms with Crippen molar-refractivity contribution in [2.24, 2.45) is 0 Å². The lowest BCUT2D eigenvalue weighted by Crippen LogP contribution is -2.40. The van der Waals surface area contributed by atoms with E-state index in [1.807, 2.05) is 32.2 Å². The number of carbonyl (C=O) groups excluding carboxylic acids is 1. The number of fused-ring (bicyclic) bond motifs is 1. The molecule has 128 valence electrons. The maximum absolute atomic E-state index is 12.5. The number of imidazole rings is 1. The van der Waals surface area contributed by atoms with Crippen molar-refractivity contribution >= 4 is 5.91 Å². The predicted molar refractivity (Wildman–Crippen MR) is 92.6 cm³/mol. The topological polar surface area (TPSA) is 77.6 Å². The molecule has 0 aliphatic carbocycles. The van der Waals surface area contributed by atoms with Gasteiger partial charge in [0.1, 0.15) is 5.82 Å². The van der Waals surface area contributed by atoms with Gasteiger partial charge in [-0.15, -0.1) is 0 Å². The zero-order valence-electron chi connectivity index (χ0n) is 14.3. The largest absolute Gasteiger partial charge is 0.347 e. The Balaban J connectivity index is 1.45. The van der Waals surface area contributed by atoms with E-state index in [9.17, 15) is 4.79 Å². The van der Waals surface area contributed by atoms with Crippen LogP contribution >= 0.6 is 0 Å². The van der Waals surface area contributed by atoms with Crippen molar-refractivity contribution in [1.82, 2.24) is 29.6 Å². The van der Waals surface area contributed by atoms with Crippen LogP contribution in [0, 0.1) is 13.8 Å². The van der Waals surface area contributed by atoms with Crippen LogP contribution in [0.3, 0.4) is 0 Å². The molecular weight excluding hydrogens is 316 g/mol. The Bertz CT molecular complexity index is 908. The van der Waals surface area contributed by atoms with Crippen molar-refractivity contribution in [3.05, 3.63) is 59.6 Å². The number of hydrogen-bond donors (Lipinski definition) is 1. The molecule has 1 aliphatic rings. The van der Waals surface area contributed by atoms with E-state index in [4.69, 9.17) is 0 Å². The molecule has 4 heterocycles. The third-order valence-electron chi connectivity index (χ3n) is 4.51. The van der Waals surface area contributed by atoms with E-state index in [0.29, 0.717) is 11.4 Å². The predicted octanol–water partition coefficient (Wildman–Crippen LogP) is 1.83. The molecule has 4 rings (SSSR count). The first-order valence-electron chi connectivity index (χ1n) is 8.41. The van der Waals surface area contributed by atoms with Gasteiger partial charge in [0, 0.05) is 43.3 Å². The van der Waals surface area contributed by atoms with Gasteiger partial charge in [0.25, 0.3) is 5.91 Å². The Kier molecular flexibility index (Phi) is 3.83. The standard InChI is InChI=1S/C18H20N6O/c1-12-9-13(2)24(22-12)17-5-3-14(10-20-17)18(25)21-15-4-6-16-19-7-8-23(16)11-15/h3,5,7-10,15H,4,6,11H2,1-2H3,(H,21,25)/t15-/m1/s1. The van der Waals surface area contributed by atoms with Crippen LogP contribution in [0.4, 0.5) is 0 Å². The quantitative estimate of drug-likeness (QED) is 0.791. The first kappa shape index (κ1) is 15.6. The summed E-state index contributed by atoms with van der Waals surface area (Å²) in [6.45, 7) is 4.69. The van der Waals surface area contributed by atoms with Crippen molar-refractivity contribution in [3.63, 3.8) is 0 Å². The minimum absolute atomic E-state index is 0.0963. The average molecular weight is 336 g/mol. The lowest BCUT2D eigenvalue weighted by atomic mass is 10.1. The van der Waals surface area contributed by atoms with Gasteiger partial charge < -0.3 is 9.88 Å². The maximum atomic E-state index is 12.5. The molecule has 7 nitrogen and oxygen atoms in total. The van der Waals surface area contributed by atoms with E-state index in [1.54, 1.807) is 23.1 Å². The molecule has 0 unspecified atom stereocenters. The zero-order chi connectivity index (χ0) is 17.4. The lowest BCUT2D eigenvalue weighted by molar-refractivity contribution is 0.0927. The number of amides is 1. The molecule has 3 aromatic rings. The van der Waals surface area contributed by atoms with Crippen molar-refractivity contribution in [1.29, 1.82) is 0 Å². The van der Waals surface area contributed by atoms with Crippen molar-refractivity contribution in [2.75, 3.05) is 0 Å². The number of nitrogens with zero attached hydrogens (tertiary/aromatic N) is 5. The second-order valence-corrected chi connectivity index (χ2v) is 6.45. The number of aromatic nitrogens is 5. The highest BCUT2D eigenvalue weighted by molar-refractivity contribution is 5.94. The fourth-order valence-corrected chi connectivity index (χ4v) is 3.26. The second kappa shape index (κ2) is 6.16. The molecular formula is C18H20N6O. The molecule has 1 aliphatic heterocycles. The minimum atomic E-state index is -0.0963. The van der Waals surface area contributed by atoms with Crippen LogP contribution in [-0.4, -0.2) is 36.3 Å². The summed E-state index contributed by atoms with van der Waals surface area (Å²) >= 11 is 0. The van der Waals surface area contributed by atoms with Crippen molar-refractivity contribution < 1.29 is 4.79 Å². The Morgan fingerprint density at radius 1 is 1.28 bits per heavy atom. The molecule has 0 saturated carbocycles. The number of hydrogen-bond acceptors (Lipinski definition) is 4. The van der Waals surface area contributed by atoms with Gasteiger partial charge in [0.2, 0.25) is 0 Å². The highest BCUT2D eigenvalue weighted by Crippen LogP contribution is 2.14. The minimum Gasteiger partial charge on any atom is -0.347 e. The molecule has 25 heavy (non-hydrogen) atoms. The number of carbonyl (C=O) groups is 1. The zero-order valence-corrected chi connectivity index (χ0v) is 14.3. The molecule has 0 radical (unpaired) electrons. The van der Waals surface area contributed by atoms with E-state index >= 15 is 0 Å². The highest BCUT2D eigenvalue weighted by atomic mass is 16.1. The summed E-state index contributed by atoms with van der Waals surface area (Å²) in [5, 5.41) is 7.50. The summed E-state index contributed by atoms with van der Waals surface area (Å²) in [5.74, 6) is 1.70. The van der Waals surface area contributed by atoms with Crippen molar-refractivity contribution in [2.45, 2.75) is 39.3 Å². The second-order valence-electron chi connectivity index (χ2n) is 6.45. The third kappa shape index (κ3) is 3.05. The maximum Gasteiger partial charge on any atom is 0.253 e. The molecule has 0 saturated heterocycles. The first-order chi connectivity index (χ1) is 12.1. The van der Waals surface area contributed by atoms with Gasteiger partial charge in [-0.3, -0.25) is 4.79 Å². The summed E-state index contributed by atoms with van der Waals surface area (Å²) < 4.78 is 3.87. The van der Waals surface area contributed by atoms with Gasteiger partial charge in [0.05, 0.1) is 11.3 Å². The molecule has 0 bridgehead atoms. The van der Waals surface area contributed by atoms with Crippen LogP contribution in [0.5, 0.6) is 0 Å². The van der Waals surface area contributed by atoms with E-state index in [1.165, 1.54) is 0 Å². The number of pyridine rings is 1. The van der Waals surface area contributed by atoms with E-state index < -0.39 is 0 Å². The number of rotatable bonds is 3. The monoisotopic (exact) mass is 336 g/mol. The summed E-state index contributed by atoms with van der Waals surface area (Å²) in [4.78, 5) is 21.2. The SMILES string of the molecule is Cc1cc(C)n(-c2ccc(C(=O)N[C@@H]3CCc4nccn4C3)cn2)n1. The molecule has 3 aromatic heterocycles. The van der Waals surface area contributed by atoms with Crippen LogP contribution in [-0.2, 0) is 13.0 Å². The Morgan fingerprint density at radius 3 is 2.88 bits per heavy atom. The Morgan fingerprint density at radius 2 is 2.16 bits per heavy atom. The highest BCUT2D eigenvalue weighted by Gasteiger charge is 2.21. The molecule has 1 atom stereocenters. The van der Waals surface area contributed by atoms with Crippen LogP contribution in [0.25, 0.3) is 5.82 Å².